The van der Waals surface area contributed by atoms with Gasteiger partial charge in [0, 0.05) is 13.7 Å². The van der Waals surface area contributed by atoms with Gasteiger partial charge in [-0.2, -0.15) is 0 Å². The number of hydrogen-bond donors (Lipinski definition) is 0. The highest BCUT2D eigenvalue weighted by atomic mass is 16.5. The van der Waals surface area contributed by atoms with Gasteiger partial charge in [-0.15, -0.1) is 0 Å². The summed E-state index contributed by atoms with van der Waals surface area (Å²) in [7, 11) is 1.79. The molecular formula is C10H20NO. The molecule has 0 amide bonds. The van der Waals surface area contributed by atoms with Crippen molar-refractivity contribution in [3.05, 3.63) is 6.92 Å². The van der Waals surface area contributed by atoms with E-state index >= 15 is 0 Å². The number of ether oxygens (including phenoxy) is 1. The van der Waals surface area contributed by atoms with E-state index in [-0.39, 0.29) is 0 Å². The zero-order chi connectivity index (χ0) is 8.81. The lowest BCUT2D eigenvalue weighted by Gasteiger charge is -2.21. The molecule has 1 unspecified atom stereocenters. The second kappa shape index (κ2) is 5.55. The standard InChI is InChI=1S/C10H20NO/c1-3-11-7-5-4-6-10(8-11)9-12-2/h10H,1,3-9H2,2H3. The molecule has 0 aliphatic carbocycles. The predicted molar refractivity (Wildman–Crippen MR) is 51.0 cm³/mol. The van der Waals surface area contributed by atoms with Crippen LogP contribution in [0.1, 0.15) is 19.3 Å². The van der Waals surface area contributed by atoms with Crippen LogP contribution in [0.25, 0.3) is 0 Å². The third-order valence-corrected chi connectivity index (χ3v) is 2.57. The van der Waals surface area contributed by atoms with E-state index in [4.69, 9.17) is 4.74 Å². The first kappa shape index (κ1) is 10.0. The highest BCUT2D eigenvalue weighted by Gasteiger charge is 2.16. The monoisotopic (exact) mass is 170 g/mol. The van der Waals surface area contributed by atoms with Gasteiger partial charge in [0.25, 0.3) is 0 Å². The van der Waals surface area contributed by atoms with E-state index in [0.717, 1.165) is 19.1 Å². The summed E-state index contributed by atoms with van der Waals surface area (Å²) in [5, 5.41) is 0. The fourth-order valence-corrected chi connectivity index (χ4v) is 1.89. The Balaban J connectivity index is 2.31. The molecule has 0 N–H and O–H groups in total. The van der Waals surface area contributed by atoms with Crippen molar-refractivity contribution >= 4 is 0 Å². The van der Waals surface area contributed by atoms with E-state index in [0.29, 0.717) is 0 Å². The van der Waals surface area contributed by atoms with Gasteiger partial charge in [0.1, 0.15) is 0 Å². The van der Waals surface area contributed by atoms with Gasteiger partial charge in [0.05, 0.1) is 6.61 Å². The summed E-state index contributed by atoms with van der Waals surface area (Å²) in [5.41, 5.74) is 0. The molecule has 1 aliphatic heterocycles. The van der Waals surface area contributed by atoms with Crippen molar-refractivity contribution in [2.24, 2.45) is 5.92 Å². The van der Waals surface area contributed by atoms with Crippen LogP contribution in [0.2, 0.25) is 0 Å². The minimum Gasteiger partial charge on any atom is -0.384 e. The summed E-state index contributed by atoms with van der Waals surface area (Å²) in [6, 6.07) is 0. The zero-order valence-corrected chi connectivity index (χ0v) is 8.09. The van der Waals surface area contributed by atoms with Crippen LogP contribution in [0, 0.1) is 12.8 Å². The van der Waals surface area contributed by atoms with E-state index in [1.807, 2.05) is 0 Å². The summed E-state index contributed by atoms with van der Waals surface area (Å²) in [6.45, 7) is 8.19. The van der Waals surface area contributed by atoms with Crippen molar-refractivity contribution in [2.45, 2.75) is 19.3 Å². The van der Waals surface area contributed by atoms with Crippen LogP contribution in [0.15, 0.2) is 0 Å². The van der Waals surface area contributed by atoms with Crippen LogP contribution in [-0.2, 0) is 4.74 Å². The smallest absolute Gasteiger partial charge is 0.0502 e. The quantitative estimate of drug-likeness (QED) is 0.637. The van der Waals surface area contributed by atoms with Crippen LogP contribution >= 0.6 is 0 Å². The molecule has 0 saturated carbocycles. The average Bonchev–Trinajstić information content (AvgIpc) is 2.30. The van der Waals surface area contributed by atoms with Crippen molar-refractivity contribution < 1.29 is 4.74 Å². The second-order valence-corrected chi connectivity index (χ2v) is 3.62. The first-order valence-electron chi connectivity index (χ1n) is 4.87. The molecule has 1 heterocycles. The van der Waals surface area contributed by atoms with Crippen molar-refractivity contribution in [2.75, 3.05) is 33.4 Å². The number of nitrogens with zero attached hydrogens (tertiary/aromatic N) is 1. The number of methoxy groups -OCH3 is 1. The van der Waals surface area contributed by atoms with E-state index in [2.05, 4.69) is 11.8 Å². The third kappa shape index (κ3) is 3.11. The molecule has 2 heteroatoms. The highest BCUT2D eigenvalue weighted by molar-refractivity contribution is 4.71. The van der Waals surface area contributed by atoms with Gasteiger partial charge in [-0.25, -0.2) is 0 Å². The van der Waals surface area contributed by atoms with Crippen molar-refractivity contribution in [1.82, 2.24) is 4.90 Å². The summed E-state index contributed by atoms with van der Waals surface area (Å²) >= 11 is 0. The molecule has 0 spiro atoms. The Hall–Kier alpha value is -0.0800. The molecule has 1 rings (SSSR count). The van der Waals surface area contributed by atoms with Crippen LogP contribution in [-0.4, -0.2) is 38.3 Å². The van der Waals surface area contributed by atoms with Gasteiger partial charge in [-0.1, -0.05) is 6.42 Å². The van der Waals surface area contributed by atoms with Gasteiger partial charge in [-0.3, -0.25) is 0 Å². The first-order chi connectivity index (χ1) is 5.86. The molecular weight excluding hydrogens is 150 g/mol. The minimum absolute atomic E-state index is 0.735. The molecule has 0 bridgehead atoms. The van der Waals surface area contributed by atoms with Gasteiger partial charge in [0.2, 0.25) is 0 Å². The molecule has 71 valence electrons. The second-order valence-electron chi connectivity index (χ2n) is 3.62. The topological polar surface area (TPSA) is 12.5 Å². The molecule has 1 aliphatic rings. The molecule has 2 nitrogen and oxygen atoms in total. The maximum atomic E-state index is 5.18. The Labute approximate surface area is 75.9 Å². The van der Waals surface area contributed by atoms with Crippen LogP contribution in [0.5, 0.6) is 0 Å². The molecule has 12 heavy (non-hydrogen) atoms. The van der Waals surface area contributed by atoms with Crippen LogP contribution in [0.3, 0.4) is 0 Å². The van der Waals surface area contributed by atoms with Crippen molar-refractivity contribution in [3.8, 4) is 0 Å². The van der Waals surface area contributed by atoms with Gasteiger partial charge in [0.15, 0.2) is 0 Å². The third-order valence-electron chi connectivity index (χ3n) is 2.57. The molecule has 0 aromatic carbocycles. The predicted octanol–water partition coefficient (Wildman–Crippen LogP) is 1.57. The molecule has 1 radical (unpaired) electrons. The lowest BCUT2D eigenvalue weighted by atomic mass is 10.1. The average molecular weight is 170 g/mol. The number of rotatable bonds is 3. The number of likely N-dealkylation sites (tertiary alicyclic amines) is 1. The van der Waals surface area contributed by atoms with Gasteiger partial charge in [-0.05, 0) is 38.8 Å². The fourth-order valence-electron chi connectivity index (χ4n) is 1.89. The van der Waals surface area contributed by atoms with Gasteiger partial charge < -0.3 is 9.64 Å². The largest absolute Gasteiger partial charge is 0.384 e. The maximum absolute atomic E-state index is 5.18. The molecule has 0 aromatic rings. The van der Waals surface area contributed by atoms with Crippen LogP contribution < -0.4 is 0 Å². The van der Waals surface area contributed by atoms with Crippen LogP contribution in [0.4, 0.5) is 0 Å². The molecule has 1 saturated heterocycles. The first-order valence-corrected chi connectivity index (χ1v) is 4.87. The summed E-state index contributed by atoms with van der Waals surface area (Å²) in [4.78, 5) is 2.43. The van der Waals surface area contributed by atoms with E-state index in [1.54, 1.807) is 7.11 Å². The number of hydrogen-bond acceptors (Lipinski definition) is 2. The SMILES string of the molecule is [CH2]CN1CCCCC(COC)C1. The van der Waals surface area contributed by atoms with E-state index < -0.39 is 0 Å². The Morgan fingerprint density at radius 2 is 2.33 bits per heavy atom. The lowest BCUT2D eigenvalue weighted by molar-refractivity contribution is 0.129. The Morgan fingerprint density at radius 1 is 1.50 bits per heavy atom. The van der Waals surface area contributed by atoms with Gasteiger partial charge >= 0.3 is 0 Å². The maximum Gasteiger partial charge on any atom is 0.0502 e. The summed E-state index contributed by atoms with van der Waals surface area (Å²) < 4.78 is 5.18. The Kier molecular flexibility index (Phi) is 4.62. The lowest BCUT2D eigenvalue weighted by Crippen LogP contribution is -2.29. The summed E-state index contributed by atoms with van der Waals surface area (Å²) in [6.07, 6.45) is 4.00. The molecule has 1 fully saturated rings. The zero-order valence-electron chi connectivity index (χ0n) is 8.09. The highest BCUT2D eigenvalue weighted by Crippen LogP contribution is 2.15. The van der Waals surface area contributed by atoms with E-state index in [1.165, 1.54) is 32.4 Å². The minimum atomic E-state index is 0.735. The Morgan fingerprint density at radius 3 is 3.00 bits per heavy atom. The molecule has 1 atom stereocenters. The Bertz CT molecular complexity index is 116. The van der Waals surface area contributed by atoms with Crippen molar-refractivity contribution in [1.29, 1.82) is 0 Å². The molecule has 0 aromatic heterocycles. The van der Waals surface area contributed by atoms with E-state index in [9.17, 15) is 0 Å². The normalized spacial score (nSPS) is 27.0. The van der Waals surface area contributed by atoms with Crippen molar-refractivity contribution in [3.63, 3.8) is 0 Å². The fraction of sp³-hybridized carbons (Fsp3) is 0.900. The summed E-state index contributed by atoms with van der Waals surface area (Å²) in [5.74, 6) is 0.735.